The van der Waals surface area contributed by atoms with Gasteiger partial charge in [0.25, 0.3) is 0 Å². The number of nitrogens with one attached hydrogen (secondary N) is 1. The van der Waals surface area contributed by atoms with Gasteiger partial charge in [0, 0.05) is 5.69 Å². The molecule has 0 atom stereocenters. The minimum atomic E-state index is 0.0147. The maximum absolute atomic E-state index is 11.9. The van der Waals surface area contributed by atoms with Gasteiger partial charge in [-0.3, -0.25) is 4.79 Å². The number of rotatable bonds is 4. The number of anilines is 1. The summed E-state index contributed by atoms with van der Waals surface area (Å²) >= 11 is 1.61. The fraction of sp³-hybridized carbons (Fsp3) is 0.0556. The predicted molar refractivity (Wildman–Crippen MR) is 88.5 cm³/mol. The standard InChI is InChI=1S/C18H15NOS/c20-18(12-14-10-11-21-13-14)19-17-8-6-16(7-9-17)15-4-2-1-3-5-15/h1-11,13H,12H2,(H,19,20). The average molecular weight is 293 g/mol. The third-order valence-electron chi connectivity index (χ3n) is 3.22. The summed E-state index contributed by atoms with van der Waals surface area (Å²) in [6.07, 6.45) is 0.421. The molecule has 3 aromatic rings. The summed E-state index contributed by atoms with van der Waals surface area (Å²) in [6.45, 7) is 0. The van der Waals surface area contributed by atoms with Gasteiger partial charge in [-0.25, -0.2) is 0 Å². The molecular weight excluding hydrogens is 278 g/mol. The van der Waals surface area contributed by atoms with Gasteiger partial charge >= 0.3 is 0 Å². The van der Waals surface area contributed by atoms with Crippen LogP contribution < -0.4 is 5.32 Å². The molecule has 21 heavy (non-hydrogen) atoms. The summed E-state index contributed by atoms with van der Waals surface area (Å²) in [5.74, 6) is 0.0147. The van der Waals surface area contributed by atoms with E-state index in [0.717, 1.165) is 16.8 Å². The molecule has 1 aromatic heterocycles. The fourth-order valence-corrected chi connectivity index (χ4v) is 2.83. The van der Waals surface area contributed by atoms with Crippen LogP contribution in [0.3, 0.4) is 0 Å². The molecule has 2 nitrogen and oxygen atoms in total. The van der Waals surface area contributed by atoms with E-state index in [0.29, 0.717) is 6.42 Å². The smallest absolute Gasteiger partial charge is 0.228 e. The Morgan fingerprint density at radius 3 is 2.29 bits per heavy atom. The van der Waals surface area contributed by atoms with E-state index in [2.05, 4.69) is 17.4 Å². The van der Waals surface area contributed by atoms with Crippen molar-refractivity contribution < 1.29 is 4.79 Å². The molecule has 0 spiro atoms. The van der Waals surface area contributed by atoms with Crippen molar-refractivity contribution in [2.24, 2.45) is 0 Å². The van der Waals surface area contributed by atoms with Gasteiger partial charge in [0.2, 0.25) is 5.91 Å². The molecule has 0 fully saturated rings. The van der Waals surface area contributed by atoms with Gasteiger partial charge in [-0.1, -0.05) is 42.5 Å². The average Bonchev–Trinajstić information content (AvgIpc) is 3.02. The van der Waals surface area contributed by atoms with Crippen LogP contribution in [0.5, 0.6) is 0 Å². The predicted octanol–water partition coefficient (Wildman–Crippen LogP) is 4.60. The molecule has 0 saturated heterocycles. The molecule has 1 amide bonds. The van der Waals surface area contributed by atoms with Crippen molar-refractivity contribution in [3.8, 4) is 11.1 Å². The molecule has 3 heteroatoms. The normalized spacial score (nSPS) is 10.3. The van der Waals surface area contributed by atoms with Crippen LogP contribution in [0, 0.1) is 0 Å². The molecule has 1 N–H and O–H groups in total. The first-order valence-corrected chi connectivity index (χ1v) is 7.72. The molecule has 0 radical (unpaired) electrons. The first-order chi connectivity index (χ1) is 10.3. The van der Waals surface area contributed by atoms with Gasteiger partial charge in [-0.2, -0.15) is 11.3 Å². The maximum atomic E-state index is 11.9. The van der Waals surface area contributed by atoms with E-state index in [1.807, 2.05) is 59.3 Å². The Bertz CT molecular complexity index is 703. The lowest BCUT2D eigenvalue weighted by molar-refractivity contribution is -0.115. The largest absolute Gasteiger partial charge is 0.326 e. The number of carbonyl (C=O) groups is 1. The second kappa shape index (κ2) is 6.37. The Morgan fingerprint density at radius 1 is 0.905 bits per heavy atom. The summed E-state index contributed by atoms with van der Waals surface area (Å²) in [5, 5.41) is 6.91. The third-order valence-corrected chi connectivity index (χ3v) is 3.95. The Balaban J connectivity index is 1.66. The fourth-order valence-electron chi connectivity index (χ4n) is 2.16. The Hall–Kier alpha value is -2.39. The second-order valence-corrected chi connectivity index (χ2v) is 5.58. The quantitative estimate of drug-likeness (QED) is 0.748. The molecule has 0 aliphatic rings. The molecule has 0 aliphatic carbocycles. The lowest BCUT2D eigenvalue weighted by Gasteiger charge is -2.06. The van der Waals surface area contributed by atoms with E-state index in [1.54, 1.807) is 11.3 Å². The van der Waals surface area contributed by atoms with Gasteiger partial charge < -0.3 is 5.32 Å². The monoisotopic (exact) mass is 293 g/mol. The summed E-state index contributed by atoms with van der Waals surface area (Å²) in [4.78, 5) is 11.9. The van der Waals surface area contributed by atoms with Crippen LogP contribution in [0.25, 0.3) is 11.1 Å². The van der Waals surface area contributed by atoms with Crippen molar-refractivity contribution in [2.75, 3.05) is 5.32 Å². The topological polar surface area (TPSA) is 29.1 Å². The van der Waals surface area contributed by atoms with Gasteiger partial charge in [-0.15, -0.1) is 0 Å². The minimum absolute atomic E-state index is 0.0147. The number of amides is 1. The second-order valence-electron chi connectivity index (χ2n) is 4.80. The first-order valence-electron chi connectivity index (χ1n) is 6.78. The van der Waals surface area contributed by atoms with Crippen LogP contribution in [0.1, 0.15) is 5.56 Å². The zero-order valence-corrected chi connectivity index (χ0v) is 12.3. The Morgan fingerprint density at radius 2 is 1.62 bits per heavy atom. The summed E-state index contributed by atoms with van der Waals surface area (Å²) < 4.78 is 0. The van der Waals surface area contributed by atoms with Gasteiger partial charge in [0.15, 0.2) is 0 Å². The number of benzene rings is 2. The lowest BCUT2D eigenvalue weighted by atomic mass is 10.1. The maximum Gasteiger partial charge on any atom is 0.228 e. The summed E-state index contributed by atoms with van der Waals surface area (Å²) in [6, 6.07) is 20.1. The van der Waals surface area contributed by atoms with Crippen LogP contribution in [0.15, 0.2) is 71.4 Å². The molecule has 2 aromatic carbocycles. The molecule has 0 unspecified atom stereocenters. The van der Waals surface area contributed by atoms with Crippen molar-refractivity contribution in [3.05, 3.63) is 77.0 Å². The van der Waals surface area contributed by atoms with Crippen LogP contribution in [0.4, 0.5) is 5.69 Å². The number of hydrogen-bond acceptors (Lipinski definition) is 2. The third kappa shape index (κ3) is 3.58. The van der Waals surface area contributed by atoms with E-state index < -0.39 is 0 Å². The number of thiophene rings is 1. The number of hydrogen-bond donors (Lipinski definition) is 1. The van der Waals surface area contributed by atoms with Crippen molar-refractivity contribution in [3.63, 3.8) is 0 Å². The molecule has 3 rings (SSSR count). The van der Waals surface area contributed by atoms with Crippen molar-refractivity contribution >= 4 is 22.9 Å². The van der Waals surface area contributed by atoms with E-state index in [4.69, 9.17) is 0 Å². The van der Waals surface area contributed by atoms with Gasteiger partial charge in [0.05, 0.1) is 6.42 Å². The van der Waals surface area contributed by atoms with E-state index >= 15 is 0 Å². The SMILES string of the molecule is O=C(Cc1ccsc1)Nc1ccc(-c2ccccc2)cc1. The Kier molecular flexibility index (Phi) is 4.12. The first kappa shape index (κ1) is 13.6. The zero-order valence-electron chi connectivity index (χ0n) is 11.5. The van der Waals surface area contributed by atoms with Crippen LogP contribution >= 0.6 is 11.3 Å². The highest BCUT2D eigenvalue weighted by molar-refractivity contribution is 7.08. The molecular formula is C18H15NOS. The highest BCUT2D eigenvalue weighted by Crippen LogP contribution is 2.21. The van der Waals surface area contributed by atoms with Crippen molar-refractivity contribution in [1.82, 2.24) is 0 Å². The highest BCUT2D eigenvalue weighted by Gasteiger charge is 2.04. The van der Waals surface area contributed by atoms with Crippen molar-refractivity contribution in [2.45, 2.75) is 6.42 Å². The van der Waals surface area contributed by atoms with Crippen LogP contribution in [-0.4, -0.2) is 5.91 Å². The van der Waals surface area contributed by atoms with E-state index in [1.165, 1.54) is 5.56 Å². The highest BCUT2D eigenvalue weighted by atomic mass is 32.1. The zero-order chi connectivity index (χ0) is 14.5. The van der Waals surface area contributed by atoms with Gasteiger partial charge in [0.1, 0.15) is 0 Å². The lowest BCUT2D eigenvalue weighted by Crippen LogP contribution is -2.13. The molecule has 0 bridgehead atoms. The summed E-state index contributed by atoms with van der Waals surface area (Å²) in [7, 11) is 0. The van der Waals surface area contributed by atoms with Gasteiger partial charge in [-0.05, 0) is 45.6 Å². The number of carbonyl (C=O) groups excluding carboxylic acids is 1. The van der Waals surface area contributed by atoms with Crippen LogP contribution in [0.2, 0.25) is 0 Å². The van der Waals surface area contributed by atoms with Crippen LogP contribution in [-0.2, 0) is 11.2 Å². The Labute approximate surface area is 128 Å². The molecule has 104 valence electrons. The molecule has 0 saturated carbocycles. The van der Waals surface area contributed by atoms with Crippen molar-refractivity contribution in [1.29, 1.82) is 0 Å². The summed E-state index contributed by atoms with van der Waals surface area (Å²) in [5.41, 5.74) is 4.20. The van der Waals surface area contributed by atoms with E-state index in [9.17, 15) is 4.79 Å². The molecule has 1 heterocycles. The molecule has 0 aliphatic heterocycles. The van der Waals surface area contributed by atoms with E-state index in [-0.39, 0.29) is 5.91 Å². The minimum Gasteiger partial charge on any atom is -0.326 e.